The normalized spacial score (nSPS) is 11.4. The number of aromatic amines is 1. The van der Waals surface area contributed by atoms with Gasteiger partial charge in [-0.05, 0) is 34.1 Å². The molecule has 0 atom stereocenters. The predicted octanol–water partition coefficient (Wildman–Crippen LogP) is 2.63. The van der Waals surface area contributed by atoms with E-state index in [0.717, 1.165) is 0 Å². The number of hydrogen-bond donors (Lipinski definition) is 2. The van der Waals surface area contributed by atoms with Gasteiger partial charge in [0, 0.05) is 16.9 Å². The Morgan fingerprint density at radius 1 is 1.41 bits per heavy atom. The summed E-state index contributed by atoms with van der Waals surface area (Å²) >= 11 is 8.96. The largest absolute Gasteiger partial charge is 0.330 e. The molecule has 0 amide bonds. The Morgan fingerprint density at radius 2 is 2.18 bits per heavy atom. The lowest BCUT2D eigenvalue weighted by atomic mass is 10.4. The van der Waals surface area contributed by atoms with E-state index in [1.165, 1.54) is 30.6 Å². The quantitative estimate of drug-likeness (QED) is 0.905. The van der Waals surface area contributed by atoms with Crippen LogP contribution in [0.2, 0.25) is 5.02 Å². The number of sulfonamides is 1. The molecule has 2 N–H and O–H groups in total. The molecule has 0 aliphatic carbocycles. The summed E-state index contributed by atoms with van der Waals surface area (Å²) in [6.45, 7) is 0. The molecule has 0 aliphatic rings. The first-order valence-corrected chi connectivity index (χ1v) is 7.12. The van der Waals surface area contributed by atoms with E-state index in [0.29, 0.717) is 9.50 Å². The van der Waals surface area contributed by atoms with Crippen LogP contribution >= 0.6 is 27.5 Å². The van der Waals surface area contributed by atoms with Gasteiger partial charge in [-0.15, -0.1) is 0 Å². The van der Waals surface area contributed by atoms with E-state index in [4.69, 9.17) is 11.6 Å². The molecule has 5 nitrogen and oxygen atoms in total. The number of halogens is 2. The lowest BCUT2D eigenvalue weighted by Gasteiger charge is -2.06. The Labute approximate surface area is 111 Å². The second-order valence-electron chi connectivity index (χ2n) is 3.12. The summed E-state index contributed by atoms with van der Waals surface area (Å²) < 4.78 is 26.7. The molecule has 0 radical (unpaired) electrons. The van der Waals surface area contributed by atoms with Crippen LogP contribution in [0.1, 0.15) is 0 Å². The van der Waals surface area contributed by atoms with Crippen molar-refractivity contribution in [2.24, 2.45) is 0 Å². The van der Waals surface area contributed by atoms with Crippen LogP contribution in [0.5, 0.6) is 0 Å². The minimum Gasteiger partial charge on any atom is -0.330 e. The number of anilines is 1. The number of imidazole rings is 1. The van der Waals surface area contributed by atoms with Crippen LogP contribution in [0.4, 0.5) is 5.95 Å². The second-order valence-corrected chi connectivity index (χ2v) is 6.06. The highest BCUT2D eigenvalue weighted by atomic mass is 79.9. The van der Waals surface area contributed by atoms with Crippen molar-refractivity contribution in [1.29, 1.82) is 0 Å². The van der Waals surface area contributed by atoms with Gasteiger partial charge in [-0.2, -0.15) is 0 Å². The Balaban J connectivity index is 2.35. The maximum atomic E-state index is 11.9. The van der Waals surface area contributed by atoms with E-state index < -0.39 is 10.0 Å². The highest BCUT2D eigenvalue weighted by Crippen LogP contribution is 2.25. The van der Waals surface area contributed by atoms with Crippen molar-refractivity contribution in [2.45, 2.75) is 4.90 Å². The fourth-order valence-corrected chi connectivity index (χ4v) is 2.80. The maximum Gasteiger partial charge on any atom is 0.264 e. The summed E-state index contributed by atoms with van der Waals surface area (Å²) in [5.41, 5.74) is 0. The number of nitrogens with one attached hydrogen (secondary N) is 2. The van der Waals surface area contributed by atoms with Gasteiger partial charge >= 0.3 is 0 Å². The topological polar surface area (TPSA) is 74.8 Å². The van der Waals surface area contributed by atoms with E-state index >= 15 is 0 Å². The van der Waals surface area contributed by atoms with Crippen LogP contribution in [-0.4, -0.2) is 18.4 Å². The predicted molar refractivity (Wildman–Crippen MR) is 68.5 cm³/mol. The summed E-state index contributed by atoms with van der Waals surface area (Å²) in [5, 5.41) is 0.446. The number of rotatable bonds is 3. The van der Waals surface area contributed by atoms with Crippen LogP contribution in [0, 0.1) is 0 Å². The van der Waals surface area contributed by atoms with Gasteiger partial charge in [0.25, 0.3) is 10.0 Å². The standard InChI is InChI=1S/C9H7BrClN3O2S/c10-7-5-6(1-2-8(7)11)17(15,16)14-9-12-3-4-13-9/h1-5H,(H2,12,13,14). The smallest absolute Gasteiger partial charge is 0.264 e. The molecule has 0 aliphatic heterocycles. The van der Waals surface area contributed by atoms with Crippen molar-refractivity contribution in [3.05, 3.63) is 40.1 Å². The van der Waals surface area contributed by atoms with Gasteiger partial charge in [-0.3, -0.25) is 0 Å². The molecule has 1 aromatic heterocycles. The van der Waals surface area contributed by atoms with Gasteiger partial charge in [-0.25, -0.2) is 18.1 Å². The van der Waals surface area contributed by atoms with Gasteiger partial charge < -0.3 is 4.98 Å². The van der Waals surface area contributed by atoms with Crippen LogP contribution in [-0.2, 0) is 10.0 Å². The number of H-pyrrole nitrogens is 1. The number of nitrogens with zero attached hydrogens (tertiary/aromatic N) is 1. The molecule has 0 saturated carbocycles. The highest BCUT2D eigenvalue weighted by molar-refractivity contribution is 9.10. The first-order valence-electron chi connectivity index (χ1n) is 4.46. The fraction of sp³-hybridized carbons (Fsp3) is 0. The van der Waals surface area contributed by atoms with Crippen molar-refractivity contribution in [3.63, 3.8) is 0 Å². The van der Waals surface area contributed by atoms with Crippen LogP contribution in [0.25, 0.3) is 0 Å². The van der Waals surface area contributed by atoms with Gasteiger partial charge in [-0.1, -0.05) is 11.6 Å². The summed E-state index contributed by atoms with van der Waals surface area (Å²) in [5.74, 6) is 0.163. The Bertz CT molecular complexity index is 628. The van der Waals surface area contributed by atoms with Crippen molar-refractivity contribution >= 4 is 43.5 Å². The summed E-state index contributed by atoms with van der Waals surface area (Å²) in [7, 11) is -3.65. The third-order valence-corrected chi connectivity index (χ3v) is 4.48. The van der Waals surface area contributed by atoms with E-state index in [2.05, 4.69) is 30.6 Å². The monoisotopic (exact) mass is 335 g/mol. The number of benzene rings is 1. The van der Waals surface area contributed by atoms with Gasteiger partial charge in [0.2, 0.25) is 5.95 Å². The number of aromatic nitrogens is 2. The first-order chi connectivity index (χ1) is 7.99. The van der Waals surface area contributed by atoms with E-state index in [1.807, 2.05) is 0 Å². The van der Waals surface area contributed by atoms with E-state index in [-0.39, 0.29) is 10.8 Å². The average molecular weight is 337 g/mol. The molecule has 0 unspecified atom stereocenters. The van der Waals surface area contributed by atoms with Crippen molar-refractivity contribution in [3.8, 4) is 0 Å². The summed E-state index contributed by atoms with van der Waals surface area (Å²) in [4.78, 5) is 6.54. The third-order valence-electron chi connectivity index (χ3n) is 1.93. The molecule has 2 rings (SSSR count). The molecule has 0 bridgehead atoms. The first kappa shape index (κ1) is 12.4. The number of hydrogen-bond acceptors (Lipinski definition) is 3. The third kappa shape index (κ3) is 2.80. The SMILES string of the molecule is O=S(=O)(Nc1ncc[nH]1)c1ccc(Cl)c(Br)c1. The minimum atomic E-state index is -3.65. The Kier molecular flexibility index (Phi) is 3.41. The van der Waals surface area contributed by atoms with Crippen LogP contribution in [0.3, 0.4) is 0 Å². The molecule has 1 aromatic carbocycles. The second kappa shape index (κ2) is 4.67. The molecule has 0 fully saturated rings. The van der Waals surface area contributed by atoms with Crippen LogP contribution < -0.4 is 4.72 Å². The molecule has 8 heteroatoms. The molecule has 0 spiro atoms. The molecule has 0 saturated heterocycles. The summed E-state index contributed by atoms with van der Waals surface area (Å²) in [6.07, 6.45) is 2.98. The van der Waals surface area contributed by atoms with Crippen molar-refractivity contribution in [2.75, 3.05) is 4.72 Å². The van der Waals surface area contributed by atoms with Crippen molar-refractivity contribution in [1.82, 2.24) is 9.97 Å². The van der Waals surface area contributed by atoms with E-state index in [9.17, 15) is 8.42 Å². The molecule has 90 valence electrons. The Hall–Kier alpha value is -1.05. The lowest BCUT2D eigenvalue weighted by Crippen LogP contribution is -2.13. The molecule has 2 aromatic rings. The zero-order valence-electron chi connectivity index (χ0n) is 8.31. The van der Waals surface area contributed by atoms with Gasteiger partial charge in [0.05, 0.1) is 9.92 Å². The lowest BCUT2D eigenvalue weighted by molar-refractivity contribution is 0.601. The van der Waals surface area contributed by atoms with Gasteiger partial charge in [0.15, 0.2) is 0 Å². The zero-order valence-corrected chi connectivity index (χ0v) is 11.5. The molecule has 17 heavy (non-hydrogen) atoms. The minimum absolute atomic E-state index is 0.102. The fourth-order valence-electron chi connectivity index (χ4n) is 1.15. The van der Waals surface area contributed by atoms with E-state index in [1.54, 1.807) is 0 Å². The average Bonchev–Trinajstić information content (AvgIpc) is 2.73. The van der Waals surface area contributed by atoms with Gasteiger partial charge in [0.1, 0.15) is 0 Å². The zero-order chi connectivity index (χ0) is 12.5. The molecular formula is C9H7BrClN3O2S. The maximum absolute atomic E-state index is 11.9. The van der Waals surface area contributed by atoms with Crippen molar-refractivity contribution < 1.29 is 8.42 Å². The Morgan fingerprint density at radius 3 is 2.76 bits per heavy atom. The van der Waals surface area contributed by atoms with Crippen LogP contribution in [0.15, 0.2) is 40.0 Å². The highest BCUT2D eigenvalue weighted by Gasteiger charge is 2.16. The molecular weight excluding hydrogens is 330 g/mol. The molecule has 1 heterocycles. The summed E-state index contributed by atoms with van der Waals surface area (Å²) in [6, 6.07) is 4.34.